The smallest absolute Gasteiger partial charge is 0.407 e. The summed E-state index contributed by atoms with van der Waals surface area (Å²) in [5.74, 6) is 0.587. The molecule has 312 valence electrons. The van der Waals surface area contributed by atoms with Crippen LogP contribution in [0.3, 0.4) is 0 Å². The van der Waals surface area contributed by atoms with Crippen molar-refractivity contribution in [3.05, 3.63) is 34.9 Å². The number of fused-ring (bicyclic) bond motifs is 11. The van der Waals surface area contributed by atoms with Crippen molar-refractivity contribution in [1.82, 2.24) is 15.5 Å². The number of nitrogens with one attached hydrogen (secondary N) is 2. The zero-order valence-electron chi connectivity index (χ0n) is 34.2. The summed E-state index contributed by atoms with van der Waals surface area (Å²) < 4.78 is 5.94. The molecule has 1 aromatic rings. The Balaban J connectivity index is 0.869. The molecule has 8 unspecified atom stereocenters. The molecule has 0 spiro atoms. The molecule has 13 heteroatoms. The van der Waals surface area contributed by atoms with E-state index in [1.54, 1.807) is 0 Å². The Hall–Kier alpha value is -3.84. The molecule has 5 fully saturated rings. The molecule has 8 rings (SSSR count). The van der Waals surface area contributed by atoms with Crippen molar-refractivity contribution < 1.29 is 44.1 Å². The van der Waals surface area contributed by atoms with Crippen molar-refractivity contribution in [2.24, 2.45) is 46.3 Å². The number of carbonyl (C=O) groups excluding carboxylic acids is 3. The number of aldehydes is 1. The number of hydrogen-bond donors (Lipinski definition) is 5. The average molecular weight is 791 g/mol. The molecule has 5 N–H and O–H groups in total. The first-order valence-electron chi connectivity index (χ1n) is 21.5. The lowest BCUT2D eigenvalue weighted by Gasteiger charge is -2.58. The number of aliphatic hydroxyl groups is 1. The highest BCUT2D eigenvalue weighted by molar-refractivity contribution is 5.86. The van der Waals surface area contributed by atoms with Gasteiger partial charge in [-0.1, -0.05) is 65.5 Å². The van der Waals surface area contributed by atoms with E-state index in [0.717, 1.165) is 48.9 Å². The van der Waals surface area contributed by atoms with Gasteiger partial charge in [0.05, 0.1) is 24.2 Å². The first-order valence-corrected chi connectivity index (χ1v) is 21.5. The number of ether oxygens (including phenoxy) is 1. The van der Waals surface area contributed by atoms with Gasteiger partial charge in [0.1, 0.15) is 30.7 Å². The molecule has 0 radical (unpaired) electrons. The molecular weight excluding hydrogens is 729 g/mol. The van der Waals surface area contributed by atoms with Gasteiger partial charge in [0.15, 0.2) is 0 Å². The second-order valence-electron chi connectivity index (χ2n) is 19.5. The lowest BCUT2D eigenvalue weighted by Crippen LogP contribution is -2.60. The third-order valence-electron chi connectivity index (χ3n) is 16.0. The number of benzene rings is 1. The number of hydroxylamine groups is 1. The fourth-order valence-corrected chi connectivity index (χ4v) is 13.2. The highest BCUT2D eigenvalue weighted by Crippen LogP contribution is 2.67. The lowest BCUT2D eigenvalue weighted by molar-refractivity contribution is -0.245. The number of amides is 3. The summed E-state index contributed by atoms with van der Waals surface area (Å²) in [6, 6.07) is 1.36. The monoisotopic (exact) mass is 790 g/mol. The van der Waals surface area contributed by atoms with Crippen LogP contribution in [0.2, 0.25) is 0 Å². The Morgan fingerprint density at radius 1 is 1.05 bits per heavy atom. The Morgan fingerprint density at radius 3 is 2.58 bits per heavy atom. The van der Waals surface area contributed by atoms with E-state index in [9.17, 15) is 34.5 Å². The Labute approximate surface area is 335 Å². The minimum atomic E-state index is -2.09. The van der Waals surface area contributed by atoms with Gasteiger partial charge in [-0.3, -0.25) is 9.59 Å². The van der Waals surface area contributed by atoms with Gasteiger partial charge in [-0.25, -0.2) is 19.5 Å². The van der Waals surface area contributed by atoms with Gasteiger partial charge in [-0.2, -0.15) is 0 Å². The van der Waals surface area contributed by atoms with Gasteiger partial charge < -0.3 is 35.6 Å². The van der Waals surface area contributed by atoms with Crippen molar-refractivity contribution in [1.29, 1.82) is 0 Å². The number of carbonyl (C=O) groups is 4. The number of phenolic OH excluding ortho intramolecular Hbond substituents is 1. The van der Waals surface area contributed by atoms with Crippen molar-refractivity contribution in [2.75, 3.05) is 24.7 Å². The highest BCUT2D eigenvalue weighted by atomic mass is 16.8. The van der Waals surface area contributed by atoms with Gasteiger partial charge in [-0.05, 0) is 103 Å². The topological polar surface area (TPSA) is 178 Å². The second kappa shape index (κ2) is 14.8. The number of anilines is 1. The number of aromatic hydroxyl groups is 1. The predicted octanol–water partition coefficient (Wildman–Crippen LogP) is 6.73. The number of carboxylic acid groups (broad SMARTS) is 1. The summed E-state index contributed by atoms with van der Waals surface area (Å²) in [4.78, 5) is 57.1. The molecule has 7 aliphatic rings. The van der Waals surface area contributed by atoms with Crippen LogP contribution in [-0.2, 0) is 14.4 Å². The summed E-state index contributed by atoms with van der Waals surface area (Å²) in [6.45, 7) is 11.7. The van der Waals surface area contributed by atoms with Crippen LogP contribution in [0.4, 0.5) is 15.3 Å². The van der Waals surface area contributed by atoms with Gasteiger partial charge in [-0.15, -0.1) is 0 Å². The van der Waals surface area contributed by atoms with Crippen LogP contribution in [0, 0.1) is 46.3 Å². The number of phenols is 1. The van der Waals surface area contributed by atoms with Crippen LogP contribution in [0.5, 0.6) is 5.75 Å². The van der Waals surface area contributed by atoms with E-state index in [1.807, 2.05) is 0 Å². The van der Waals surface area contributed by atoms with E-state index < -0.39 is 41.9 Å². The number of nitrogens with zero attached hydrogens (tertiary/aromatic N) is 2. The largest absolute Gasteiger partial charge is 0.508 e. The zero-order chi connectivity index (χ0) is 40.6. The van der Waals surface area contributed by atoms with Crippen molar-refractivity contribution in [3.63, 3.8) is 0 Å². The molecule has 12 atom stereocenters. The summed E-state index contributed by atoms with van der Waals surface area (Å²) in [5.41, 5.74) is 2.65. The minimum Gasteiger partial charge on any atom is -0.508 e. The fourth-order valence-electron chi connectivity index (χ4n) is 13.2. The summed E-state index contributed by atoms with van der Waals surface area (Å²) >= 11 is 0. The Kier molecular flexibility index (Phi) is 10.4. The van der Waals surface area contributed by atoms with Gasteiger partial charge >= 0.3 is 12.2 Å². The first-order chi connectivity index (χ1) is 27.1. The van der Waals surface area contributed by atoms with E-state index in [2.05, 4.69) is 51.3 Å². The number of alkyl carbamates (subject to hydrolysis) is 1. The Morgan fingerprint density at radius 2 is 1.84 bits per heavy atom. The maximum atomic E-state index is 13.6. The number of rotatable bonds is 11. The van der Waals surface area contributed by atoms with E-state index in [0.29, 0.717) is 29.7 Å². The lowest BCUT2D eigenvalue weighted by atomic mass is 9.47. The molecule has 2 saturated heterocycles. The van der Waals surface area contributed by atoms with E-state index in [1.165, 1.54) is 72.6 Å². The predicted molar refractivity (Wildman–Crippen MR) is 211 cm³/mol. The fraction of sp³-hybridized carbons (Fsp3) is 0.727. The van der Waals surface area contributed by atoms with E-state index in [-0.39, 0.29) is 48.0 Å². The highest BCUT2D eigenvalue weighted by Gasteiger charge is 2.71. The average Bonchev–Trinajstić information content (AvgIpc) is 3.79. The standard InChI is InChI=1S/C44H62N4O9/c1-24(2)7-6-8-25(3)30-11-12-31-29-10-9-27-19-28(13-15-42(27,4)32(29)14-16-43(30,31)5)56-41(54)46-21-37(51)48-35-22-47-34-17-26(23-49)18-36(50)38(34)33(20-45-40(52)53)44(55,57-47)39(35)48/h9,17-18,23-25,28-33,35,39,45,50,55H,6-8,10-16,19-22H2,1-5H3,(H,46,54)(H,52,53)/t25-,28?,29?,30-,31?,32?,33?,35?,39?,42+,43-,44?,48?/m1/s1. The summed E-state index contributed by atoms with van der Waals surface area (Å²) in [6.07, 6.45) is 13.7. The van der Waals surface area contributed by atoms with Crippen LogP contribution in [0.25, 0.3) is 0 Å². The molecule has 2 bridgehead atoms. The van der Waals surface area contributed by atoms with Crippen molar-refractivity contribution in [3.8, 4) is 5.75 Å². The van der Waals surface area contributed by atoms with E-state index in [4.69, 9.17) is 9.57 Å². The second-order valence-corrected chi connectivity index (χ2v) is 19.5. The maximum absolute atomic E-state index is 13.6. The van der Waals surface area contributed by atoms with Crippen LogP contribution < -0.4 is 15.7 Å². The van der Waals surface area contributed by atoms with Crippen LogP contribution in [0.15, 0.2) is 23.8 Å². The number of hydrogen-bond acceptors (Lipinski definition) is 9. The van der Waals surface area contributed by atoms with Crippen molar-refractivity contribution in [2.45, 2.75) is 135 Å². The third kappa shape index (κ3) is 6.78. The molecule has 3 amide bonds. The van der Waals surface area contributed by atoms with E-state index >= 15 is 0 Å². The molecular formula is C44H62N4O9. The Bertz CT molecular complexity index is 1820. The molecule has 1 aromatic carbocycles. The summed E-state index contributed by atoms with van der Waals surface area (Å²) in [5, 5.41) is 38.4. The first kappa shape index (κ1) is 40.0. The van der Waals surface area contributed by atoms with Crippen LogP contribution in [-0.4, -0.2) is 88.2 Å². The van der Waals surface area contributed by atoms with Crippen LogP contribution >= 0.6 is 0 Å². The van der Waals surface area contributed by atoms with Crippen LogP contribution in [0.1, 0.15) is 127 Å². The molecule has 3 aliphatic heterocycles. The molecule has 3 heterocycles. The van der Waals surface area contributed by atoms with Gasteiger partial charge in [0, 0.05) is 24.1 Å². The molecule has 13 nitrogen and oxygen atoms in total. The zero-order valence-corrected chi connectivity index (χ0v) is 34.2. The summed E-state index contributed by atoms with van der Waals surface area (Å²) in [7, 11) is 0. The quantitative estimate of drug-likeness (QED) is 0.0918. The number of allylic oxidation sites excluding steroid dienone is 1. The van der Waals surface area contributed by atoms with Gasteiger partial charge in [0.25, 0.3) is 0 Å². The third-order valence-corrected chi connectivity index (χ3v) is 16.0. The minimum absolute atomic E-state index is 0.118. The van der Waals surface area contributed by atoms with Gasteiger partial charge in [0.2, 0.25) is 11.7 Å². The molecule has 57 heavy (non-hydrogen) atoms. The van der Waals surface area contributed by atoms with Crippen molar-refractivity contribution >= 4 is 30.1 Å². The molecule has 0 aromatic heterocycles. The normalized spacial score (nSPS) is 37.7. The molecule has 3 saturated carbocycles. The molecule has 4 aliphatic carbocycles. The maximum Gasteiger partial charge on any atom is 0.407 e. The SMILES string of the molecule is CC(C)CCC[C@@H](C)[C@H]1CCC2C3CC=C4CC(OC(=O)NCC(=O)N5C6CN7OC(O)(C(CNC(=O)O)c8c(O)cc(C=O)cc87)C65)CC[C@]4(C)C3CC[C@@]21C.